The van der Waals surface area contributed by atoms with Crippen LogP contribution in [0.1, 0.15) is 20.8 Å². The first-order valence-electron chi connectivity index (χ1n) is 2.42. The van der Waals surface area contributed by atoms with Crippen molar-refractivity contribution in [3.63, 3.8) is 0 Å². The zero-order chi connectivity index (χ0) is 7.00. The number of hydrogen-bond donors (Lipinski definition) is 2. The van der Waals surface area contributed by atoms with E-state index in [4.69, 9.17) is 11.0 Å². The van der Waals surface area contributed by atoms with E-state index in [0.717, 1.165) is 0 Å². The summed E-state index contributed by atoms with van der Waals surface area (Å²) in [6.07, 6.45) is 0. The van der Waals surface area contributed by atoms with Crippen molar-refractivity contribution in [3.05, 3.63) is 0 Å². The molecular formula is C4H13N2OP. The second-order valence-electron chi connectivity index (χ2n) is 2.88. The molecule has 8 heavy (non-hydrogen) atoms. The average Bonchev–Trinajstić information content (AvgIpc) is 1.25. The third-order valence-electron chi connectivity index (χ3n) is 1.05. The summed E-state index contributed by atoms with van der Waals surface area (Å²) in [6.45, 7) is 5.27. The van der Waals surface area contributed by atoms with Crippen LogP contribution in [0.15, 0.2) is 0 Å². The van der Waals surface area contributed by atoms with Crippen LogP contribution < -0.4 is 11.0 Å². The van der Waals surface area contributed by atoms with Crippen LogP contribution in [0.2, 0.25) is 0 Å². The lowest BCUT2D eigenvalue weighted by Gasteiger charge is -2.22. The van der Waals surface area contributed by atoms with Crippen LogP contribution in [-0.2, 0) is 4.57 Å². The molecule has 0 aromatic carbocycles. The van der Waals surface area contributed by atoms with E-state index in [2.05, 4.69) is 0 Å². The van der Waals surface area contributed by atoms with Gasteiger partial charge in [0.05, 0.1) is 0 Å². The maximum atomic E-state index is 10.8. The van der Waals surface area contributed by atoms with Crippen LogP contribution in [0, 0.1) is 0 Å². The minimum Gasteiger partial charge on any atom is -0.289 e. The lowest BCUT2D eigenvalue weighted by molar-refractivity contribution is 0.550. The lowest BCUT2D eigenvalue weighted by Crippen LogP contribution is -2.25. The number of rotatable bonds is 0. The number of hydrogen-bond acceptors (Lipinski definition) is 1. The van der Waals surface area contributed by atoms with E-state index in [1.54, 1.807) is 20.8 Å². The van der Waals surface area contributed by atoms with Gasteiger partial charge in [-0.2, -0.15) is 0 Å². The fraction of sp³-hybridized carbons (Fsp3) is 1.00. The van der Waals surface area contributed by atoms with Crippen molar-refractivity contribution in [1.29, 1.82) is 0 Å². The van der Waals surface area contributed by atoms with E-state index in [-0.39, 0.29) is 0 Å². The highest BCUT2D eigenvalue weighted by Crippen LogP contribution is 2.42. The summed E-state index contributed by atoms with van der Waals surface area (Å²) in [4.78, 5) is 0. The molecule has 0 saturated heterocycles. The van der Waals surface area contributed by atoms with Gasteiger partial charge in [-0.3, -0.25) is 15.6 Å². The van der Waals surface area contributed by atoms with Gasteiger partial charge >= 0.3 is 0 Å². The molecule has 0 aliphatic rings. The molecule has 0 fully saturated rings. The molecule has 0 aromatic heterocycles. The average molecular weight is 136 g/mol. The molecule has 3 nitrogen and oxygen atoms in total. The zero-order valence-corrected chi connectivity index (χ0v) is 6.40. The van der Waals surface area contributed by atoms with Crippen molar-refractivity contribution in [2.45, 2.75) is 25.9 Å². The minimum atomic E-state index is -2.85. The standard InChI is InChI=1S/C4H13N2OP/c1-4(2,3)8(5,6)7/h1-3H3,(H4,5,6,7). The van der Waals surface area contributed by atoms with E-state index in [9.17, 15) is 4.57 Å². The quantitative estimate of drug-likeness (QED) is 0.486. The van der Waals surface area contributed by atoms with Gasteiger partial charge in [0.1, 0.15) is 0 Å². The fourth-order valence-electron chi connectivity index (χ4n) is 0. The predicted molar refractivity (Wildman–Crippen MR) is 35.7 cm³/mol. The molecule has 4 N–H and O–H groups in total. The minimum absolute atomic E-state index is 0.451. The molecule has 0 heterocycles. The molecule has 0 atom stereocenters. The normalized spacial score (nSPS) is 14.1. The summed E-state index contributed by atoms with van der Waals surface area (Å²) >= 11 is 0. The summed E-state index contributed by atoms with van der Waals surface area (Å²) in [5, 5.41) is -0.451. The zero-order valence-electron chi connectivity index (χ0n) is 5.51. The highest BCUT2D eigenvalue weighted by atomic mass is 31.2. The lowest BCUT2D eigenvalue weighted by atomic mass is 10.3. The third kappa shape index (κ3) is 1.95. The Hall–Kier alpha value is 0.150. The van der Waals surface area contributed by atoms with Crippen LogP contribution in [0.5, 0.6) is 0 Å². The van der Waals surface area contributed by atoms with Gasteiger partial charge < -0.3 is 0 Å². The molecule has 0 radical (unpaired) electrons. The summed E-state index contributed by atoms with van der Waals surface area (Å²) in [6, 6.07) is 0. The van der Waals surface area contributed by atoms with Gasteiger partial charge in [0.25, 0.3) is 0 Å². The van der Waals surface area contributed by atoms with Crippen molar-refractivity contribution < 1.29 is 4.57 Å². The van der Waals surface area contributed by atoms with Gasteiger partial charge in [-0.1, -0.05) is 20.8 Å². The van der Waals surface area contributed by atoms with Crippen molar-refractivity contribution in [2.75, 3.05) is 0 Å². The van der Waals surface area contributed by atoms with Crippen molar-refractivity contribution in [3.8, 4) is 0 Å². The smallest absolute Gasteiger partial charge is 0.211 e. The van der Waals surface area contributed by atoms with Crippen molar-refractivity contribution in [1.82, 2.24) is 0 Å². The van der Waals surface area contributed by atoms with Gasteiger partial charge in [-0.25, -0.2) is 0 Å². The second kappa shape index (κ2) is 1.83. The van der Waals surface area contributed by atoms with Crippen LogP contribution in [-0.4, -0.2) is 5.16 Å². The van der Waals surface area contributed by atoms with E-state index in [0.29, 0.717) is 0 Å². The maximum Gasteiger partial charge on any atom is 0.211 e. The largest absolute Gasteiger partial charge is 0.289 e. The van der Waals surface area contributed by atoms with Crippen LogP contribution in [0.25, 0.3) is 0 Å². The summed E-state index contributed by atoms with van der Waals surface area (Å²) in [5.74, 6) is 0. The summed E-state index contributed by atoms with van der Waals surface area (Å²) < 4.78 is 10.8. The Bertz CT molecular complexity index is 120. The topological polar surface area (TPSA) is 69.1 Å². The van der Waals surface area contributed by atoms with Gasteiger partial charge in [-0.15, -0.1) is 0 Å². The van der Waals surface area contributed by atoms with Gasteiger partial charge in [0.2, 0.25) is 7.44 Å². The predicted octanol–water partition coefficient (Wildman–Crippen LogP) is 0.895. The molecule has 0 bridgehead atoms. The number of nitrogens with two attached hydrogens (primary N) is 2. The molecular weight excluding hydrogens is 123 g/mol. The van der Waals surface area contributed by atoms with E-state index in [1.165, 1.54) is 0 Å². The van der Waals surface area contributed by atoms with E-state index < -0.39 is 12.6 Å². The second-order valence-corrected chi connectivity index (χ2v) is 5.64. The highest BCUT2D eigenvalue weighted by Gasteiger charge is 2.27. The molecule has 0 amide bonds. The Balaban J connectivity index is 4.26. The van der Waals surface area contributed by atoms with E-state index in [1.807, 2.05) is 0 Å². The van der Waals surface area contributed by atoms with Gasteiger partial charge in [0.15, 0.2) is 0 Å². The molecule has 0 spiro atoms. The highest BCUT2D eigenvalue weighted by molar-refractivity contribution is 7.60. The summed E-state index contributed by atoms with van der Waals surface area (Å²) in [5.41, 5.74) is 10.3. The Morgan fingerprint density at radius 2 is 1.38 bits per heavy atom. The maximum absolute atomic E-state index is 10.8. The Labute approximate surface area is 49.9 Å². The van der Waals surface area contributed by atoms with Crippen LogP contribution >= 0.6 is 7.44 Å². The Kier molecular flexibility index (Phi) is 1.87. The molecule has 0 saturated carbocycles. The fourth-order valence-corrected chi connectivity index (χ4v) is 0. The molecule has 0 rings (SSSR count). The monoisotopic (exact) mass is 136 g/mol. The van der Waals surface area contributed by atoms with Crippen LogP contribution in [0.3, 0.4) is 0 Å². The van der Waals surface area contributed by atoms with Crippen molar-refractivity contribution in [2.24, 2.45) is 11.0 Å². The Morgan fingerprint density at radius 3 is 1.38 bits per heavy atom. The first-order chi connectivity index (χ1) is 3.25. The molecule has 0 aromatic rings. The first-order valence-corrected chi connectivity index (χ1v) is 4.27. The SMILES string of the molecule is CC(C)(C)P(N)(N)=O. The van der Waals surface area contributed by atoms with Crippen LogP contribution in [0.4, 0.5) is 0 Å². The molecule has 4 heteroatoms. The van der Waals surface area contributed by atoms with Crippen molar-refractivity contribution >= 4 is 7.44 Å². The van der Waals surface area contributed by atoms with Gasteiger partial charge in [-0.05, 0) is 0 Å². The molecule has 0 aliphatic heterocycles. The summed E-state index contributed by atoms with van der Waals surface area (Å²) in [7, 11) is -2.85. The molecule has 0 aliphatic carbocycles. The van der Waals surface area contributed by atoms with Gasteiger partial charge in [0, 0.05) is 5.16 Å². The molecule has 0 unspecified atom stereocenters. The third-order valence-corrected chi connectivity index (χ3v) is 3.15. The Morgan fingerprint density at radius 1 is 1.25 bits per heavy atom. The van der Waals surface area contributed by atoms with E-state index >= 15 is 0 Å². The molecule has 50 valence electrons. The first kappa shape index (κ1) is 8.15.